The summed E-state index contributed by atoms with van der Waals surface area (Å²) in [6, 6.07) is 3.12. The Morgan fingerprint density at radius 2 is 1.73 bits per heavy atom. The van der Waals surface area contributed by atoms with E-state index in [1.54, 1.807) is 20.2 Å². The molecule has 0 atom stereocenters. The lowest BCUT2D eigenvalue weighted by Gasteiger charge is -2.20. The van der Waals surface area contributed by atoms with Crippen molar-refractivity contribution in [2.75, 3.05) is 14.1 Å². The molecular weight excluding hydrogens is 320 g/mol. The van der Waals surface area contributed by atoms with E-state index in [9.17, 15) is 13.2 Å². The molecule has 1 fully saturated rings. The summed E-state index contributed by atoms with van der Waals surface area (Å²) in [7, 11) is -0.217. The molecule has 0 aromatic carbocycles. The second-order valence-corrected chi connectivity index (χ2v) is 9.01. The lowest BCUT2D eigenvalue weighted by Crippen LogP contribution is -2.34. The molecule has 124 valence electrons. The molecule has 0 unspecified atom stereocenters. The summed E-state index contributed by atoms with van der Waals surface area (Å²) in [4.78, 5) is 13.8. The first-order valence-corrected chi connectivity index (χ1v) is 10.0. The van der Waals surface area contributed by atoms with Crippen molar-refractivity contribution in [1.29, 1.82) is 0 Å². The van der Waals surface area contributed by atoms with Crippen LogP contribution in [0.1, 0.15) is 54.6 Å². The van der Waals surface area contributed by atoms with Crippen LogP contribution in [0.5, 0.6) is 0 Å². The fraction of sp³-hybridized carbons (Fsp3) is 0.667. The average molecular weight is 345 g/mol. The van der Waals surface area contributed by atoms with E-state index < -0.39 is 10.0 Å². The van der Waals surface area contributed by atoms with Crippen LogP contribution >= 0.6 is 11.3 Å². The van der Waals surface area contributed by atoms with Crippen LogP contribution in [0.15, 0.2) is 16.3 Å². The Hall–Kier alpha value is -0.920. The van der Waals surface area contributed by atoms with Gasteiger partial charge in [-0.25, -0.2) is 13.1 Å². The van der Waals surface area contributed by atoms with Crippen molar-refractivity contribution in [3.05, 3.63) is 17.0 Å². The number of amides is 1. The van der Waals surface area contributed by atoms with E-state index in [0.717, 1.165) is 37.0 Å². The normalized spacial score (nSPS) is 17.7. The molecule has 1 N–H and O–H groups in total. The third-order valence-corrected chi connectivity index (χ3v) is 6.98. The van der Waals surface area contributed by atoms with Crippen molar-refractivity contribution in [2.24, 2.45) is 0 Å². The van der Waals surface area contributed by atoms with Crippen LogP contribution in [-0.4, -0.2) is 39.4 Å². The maximum absolute atomic E-state index is 12.5. The number of carbonyl (C=O) groups is 1. The van der Waals surface area contributed by atoms with Crippen molar-refractivity contribution in [3.8, 4) is 0 Å². The molecule has 0 aliphatic heterocycles. The Labute approximate surface area is 136 Å². The van der Waals surface area contributed by atoms with Crippen molar-refractivity contribution in [1.82, 2.24) is 9.62 Å². The Balaban J connectivity index is 2.07. The zero-order valence-electron chi connectivity index (χ0n) is 13.2. The van der Waals surface area contributed by atoms with E-state index in [-0.39, 0.29) is 16.2 Å². The topological polar surface area (TPSA) is 66.5 Å². The van der Waals surface area contributed by atoms with Gasteiger partial charge in [0.25, 0.3) is 5.91 Å². The summed E-state index contributed by atoms with van der Waals surface area (Å²) in [6.07, 6.45) is 7.55. The summed E-state index contributed by atoms with van der Waals surface area (Å²) in [5.74, 6) is -0.169. The van der Waals surface area contributed by atoms with Gasteiger partial charge in [-0.15, -0.1) is 11.3 Å². The SMILES string of the molecule is CN(C)C(=O)c1ccc(S(=O)(=O)NC2CCCCCCC2)s1. The average Bonchev–Trinajstić information content (AvgIpc) is 2.91. The van der Waals surface area contributed by atoms with Crippen LogP contribution in [-0.2, 0) is 10.0 Å². The van der Waals surface area contributed by atoms with Gasteiger partial charge in [0.05, 0.1) is 4.88 Å². The summed E-state index contributed by atoms with van der Waals surface area (Å²) < 4.78 is 28.0. The van der Waals surface area contributed by atoms with E-state index in [4.69, 9.17) is 0 Å². The zero-order valence-corrected chi connectivity index (χ0v) is 14.8. The molecule has 0 bridgehead atoms. The van der Waals surface area contributed by atoms with Crippen LogP contribution in [0.2, 0.25) is 0 Å². The highest BCUT2D eigenvalue weighted by Gasteiger charge is 2.23. The van der Waals surface area contributed by atoms with Gasteiger partial charge in [0, 0.05) is 20.1 Å². The van der Waals surface area contributed by atoms with Gasteiger partial charge in [-0.2, -0.15) is 0 Å². The van der Waals surface area contributed by atoms with Crippen LogP contribution in [0.3, 0.4) is 0 Å². The molecule has 1 aromatic heterocycles. The molecule has 1 amide bonds. The molecular formula is C15H24N2O3S2. The van der Waals surface area contributed by atoms with Gasteiger partial charge in [-0.05, 0) is 25.0 Å². The summed E-state index contributed by atoms with van der Waals surface area (Å²) in [5.41, 5.74) is 0. The standard InChI is InChI=1S/C15H24N2O3S2/c1-17(2)15(18)13-10-11-14(21-13)22(19,20)16-12-8-6-4-3-5-7-9-12/h10-12,16H,3-9H2,1-2H3. The van der Waals surface area contributed by atoms with Crippen molar-refractivity contribution >= 4 is 27.3 Å². The lowest BCUT2D eigenvalue weighted by atomic mass is 9.97. The monoisotopic (exact) mass is 344 g/mol. The van der Waals surface area contributed by atoms with Crippen LogP contribution in [0.25, 0.3) is 0 Å². The van der Waals surface area contributed by atoms with E-state index in [1.807, 2.05) is 0 Å². The maximum atomic E-state index is 12.5. The zero-order chi connectivity index (χ0) is 16.2. The van der Waals surface area contributed by atoms with Crippen LogP contribution < -0.4 is 4.72 Å². The first kappa shape index (κ1) is 17.4. The van der Waals surface area contributed by atoms with Crippen LogP contribution in [0, 0.1) is 0 Å². The van der Waals surface area contributed by atoms with Gasteiger partial charge in [0.1, 0.15) is 4.21 Å². The number of sulfonamides is 1. The minimum Gasteiger partial charge on any atom is -0.344 e. The number of carbonyl (C=O) groups excluding carboxylic acids is 1. The van der Waals surface area contributed by atoms with E-state index >= 15 is 0 Å². The first-order valence-electron chi connectivity index (χ1n) is 7.74. The molecule has 0 spiro atoms. The van der Waals surface area contributed by atoms with Crippen molar-refractivity contribution in [3.63, 3.8) is 0 Å². The minimum atomic E-state index is -3.53. The lowest BCUT2D eigenvalue weighted by molar-refractivity contribution is 0.0832. The predicted molar refractivity (Wildman–Crippen MR) is 88.8 cm³/mol. The molecule has 0 radical (unpaired) electrons. The van der Waals surface area contributed by atoms with Crippen LogP contribution in [0.4, 0.5) is 0 Å². The highest BCUT2D eigenvalue weighted by Crippen LogP contribution is 2.24. The molecule has 1 aliphatic rings. The molecule has 1 aliphatic carbocycles. The number of hydrogen-bond donors (Lipinski definition) is 1. The van der Waals surface area contributed by atoms with Gasteiger partial charge in [0.2, 0.25) is 10.0 Å². The fourth-order valence-electron chi connectivity index (χ4n) is 2.65. The molecule has 1 saturated carbocycles. The van der Waals surface area contributed by atoms with Gasteiger partial charge in [0.15, 0.2) is 0 Å². The third kappa shape index (κ3) is 4.54. The van der Waals surface area contributed by atoms with Gasteiger partial charge >= 0.3 is 0 Å². The molecule has 1 aromatic rings. The Kier molecular flexibility index (Phi) is 6.00. The molecule has 5 nitrogen and oxygen atoms in total. The molecule has 7 heteroatoms. The van der Waals surface area contributed by atoms with Crippen molar-refractivity contribution in [2.45, 2.75) is 55.2 Å². The summed E-state index contributed by atoms with van der Waals surface area (Å²) in [5, 5.41) is 0. The van der Waals surface area contributed by atoms with Crippen molar-refractivity contribution < 1.29 is 13.2 Å². The quantitative estimate of drug-likeness (QED) is 0.913. The van der Waals surface area contributed by atoms with Gasteiger partial charge in [-0.3, -0.25) is 4.79 Å². The maximum Gasteiger partial charge on any atom is 0.263 e. The number of nitrogens with one attached hydrogen (secondary N) is 1. The van der Waals surface area contributed by atoms with E-state index in [0.29, 0.717) is 4.88 Å². The van der Waals surface area contributed by atoms with E-state index in [1.165, 1.54) is 30.2 Å². The number of nitrogens with zero attached hydrogens (tertiary/aromatic N) is 1. The van der Waals surface area contributed by atoms with E-state index in [2.05, 4.69) is 4.72 Å². The van der Waals surface area contributed by atoms with Gasteiger partial charge in [-0.1, -0.05) is 32.1 Å². The number of rotatable bonds is 4. The minimum absolute atomic E-state index is 0.0143. The fourth-order valence-corrected chi connectivity index (χ4v) is 5.30. The van der Waals surface area contributed by atoms with Gasteiger partial charge < -0.3 is 4.90 Å². The first-order chi connectivity index (χ1) is 10.4. The highest BCUT2D eigenvalue weighted by atomic mass is 32.2. The Morgan fingerprint density at radius 1 is 1.14 bits per heavy atom. The molecule has 0 saturated heterocycles. The predicted octanol–water partition coefficient (Wildman–Crippen LogP) is 2.84. The number of thiophene rings is 1. The second-order valence-electron chi connectivity index (χ2n) is 5.98. The summed E-state index contributed by atoms with van der Waals surface area (Å²) in [6.45, 7) is 0. The molecule has 1 heterocycles. The molecule has 2 rings (SSSR count). The third-order valence-electron chi connectivity index (χ3n) is 3.89. The largest absolute Gasteiger partial charge is 0.344 e. The Bertz CT molecular complexity index is 600. The summed E-state index contributed by atoms with van der Waals surface area (Å²) >= 11 is 1.03. The molecule has 22 heavy (non-hydrogen) atoms. The second kappa shape index (κ2) is 7.57. The number of hydrogen-bond acceptors (Lipinski definition) is 4. The highest BCUT2D eigenvalue weighted by molar-refractivity contribution is 7.91. The smallest absolute Gasteiger partial charge is 0.263 e. The Morgan fingerprint density at radius 3 is 2.32 bits per heavy atom.